The highest BCUT2D eigenvalue weighted by atomic mass is 16.2. The third-order valence-corrected chi connectivity index (χ3v) is 2.12. The van der Waals surface area contributed by atoms with Gasteiger partial charge in [-0.25, -0.2) is 0 Å². The molecular weight excluding hydrogens is 208 g/mol. The zero-order chi connectivity index (χ0) is 12.1. The van der Waals surface area contributed by atoms with Crippen molar-refractivity contribution < 1.29 is 9.59 Å². The van der Waals surface area contributed by atoms with E-state index in [0.29, 0.717) is 12.2 Å². The first-order valence-corrected chi connectivity index (χ1v) is 5.06. The van der Waals surface area contributed by atoms with Crippen LogP contribution in [-0.4, -0.2) is 28.6 Å². The molecular formula is C10H16N4O2. The molecule has 0 bridgehead atoms. The minimum absolute atomic E-state index is 0.136. The van der Waals surface area contributed by atoms with Crippen LogP contribution in [0.3, 0.4) is 0 Å². The van der Waals surface area contributed by atoms with Crippen molar-refractivity contribution in [3.8, 4) is 0 Å². The van der Waals surface area contributed by atoms with Gasteiger partial charge in [0.1, 0.15) is 0 Å². The van der Waals surface area contributed by atoms with Gasteiger partial charge >= 0.3 is 0 Å². The van der Waals surface area contributed by atoms with Gasteiger partial charge < -0.3 is 10.6 Å². The number of hydrogen-bond donors (Lipinski definition) is 3. The maximum absolute atomic E-state index is 11.5. The molecule has 0 spiro atoms. The highest BCUT2D eigenvalue weighted by Gasteiger charge is 2.09. The van der Waals surface area contributed by atoms with Crippen molar-refractivity contribution >= 4 is 17.5 Å². The molecule has 16 heavy (non-hydrogen) atoms. The molecule has 6 heteroatoms. The molecule has 0 radical (unpaired) electrons. The number of amides is 2. The maximum Gasteiger partial charge on any atom is 0.226 e. The van der Waals surface area contributed by atoms with Crippen molar-refractivity contribution in [1.82, 2.24) is 15.5 Å². The topological polar surface area (TPSA) is 86.9 Å². The largest absolute Gasteiger partial charge is 0.356 e. The fourth-order valence-corrected chi connectivity index (χ4v) is 1.29. The van der Waals surface area contributed by atoms with Crippen LogP contribution in [0, 0.1) is 13.8 Å². The first kappa shape index (κ1) is 12.2. The van der Waals surface area contributed by atoms with Crippen molar-refractivity contribution in [1.29, 1.82) is 0 Å². The molecule has 6 nitrogen and oxygen atoms in total. The van der Waals surface area contributed by atoms with Crippen molar-refractivity contribution in [3.63, 3.8) is 0 Å². The minimum Gasteiger partial charge on any atom is -0.356 e. The van der Waals surface area contributed by atoms with Crippen molar-refractivity contribution in [2.24, 2.45) is 0 Å². The third-order valence-electron chi connectivity index (χ3n) is 2.12. The van der Waals surface area contributed by atoms with E-state index in [1.807, 2.05) is 13.8 Å². The number of anilines is 1. The van der Waals surface area contributed by atoms with Gasteiger partial charge in [0.15, 0.2) is 0 Å². The van der Waals surface area contributed by atoms with Gasteiger partial charge in [0, 0.05) is 19.9 Å². The second-order valence-electron chi connectivity index (χ2n) is 3.59. The Morgan fingerprint density at radius 3 is 2.56 bits per heavy atom. The first-order valence-electron chi connectivity index (χ1n) is 5.06. The molecule has 1 aromatic heterocycles. The molecule has 0 aliphatic rings. The quantitative estimate of drug-likeness (QED) is 0.695. The fraction of sp³-hybridized carbons (Fsp3) is 0.500. The number of nitrogens with zero attached hydrogens (tertiary/aromatic N) is 1. The third kappa shape index (κ3) is 3.38. The van der Waals surface area contributed by atoms with Gasteiger partial charge in [-0.1, -0.05) is 0 Å². The van der Waals surface area contributed by atoms with Crippen molar-refractivity contribution in [2.45, 2.75) is 27.2 Å². The normalized spacial score (nSPS) is 9.94. The molecule has 0 aliphatic heterocycles. The summed E-state index contributed by atoms with van der Waals surface area (Å²) in [6.45, 7) is 5.41. The lowest BCUT2D eigenvalue weighted by Gasteiger charge is -2.05. The second-order valence-corrected chi connectivity index (χ2v) is 3.59. The molecule has 0 unspecified atom stereocenters. The summed E-state index contributed by atoms with van der Waals surface area (Å²) in [7, 11) is 0. The minimum atomic E-state index is -0.138. The van der Waals surface area contributed by atoms with Crippen LogP contribution in [0.15, 0.2) is 0 Å². The molecule has 0 saturated heterocycles. The lowest BCUT2D eigenvalue weighted by molar-refractivity contribution is -0.119. The zero-order valence-electron chi connectivity index (χ0n) is 9.68. The van der Waals surface area contributed by atoms with E-state index in [0.717, 1.165) is 11.4 Å². The number of carbonyl (C=O) groups excluding carboxylic acids is 2. The molecule has 0 fully saturated rings. The smallest absolute Gasteiger partial charge is 0.226 e. The summed E-state index contributed by atoms with van der Waals surface area (Å²) in [6, 6.07) is 0. The van der Waals surface area contributed by atoms with Gasteiger partial charge in [0.25, 0.3) is 0 Å². The lowest BCUT2D eigenvalue weighted by atomic mass is 10.3. The molecule has 0 aromatic carbocycles. The van der Waals surface area contributed by atoms with Crippen LogP contribution < -0.4 is 10.6 Å². The molecule has 1 heterocycles. The fourth-order valence-electron chi connectivity index (χ4n) is 1.29. The Balaban J connectivity index is 2.43. The van der Waals surface area contributed by atoms with E-state index in [1.54, 1.807) is 0 Å². The summed E-state index contributed by atoms with van der Waals surface area (Å²) >= 11 is 0. The zero-order valence-corrected chi connectivity index (χ0v) is 9.68. The number of hydrogen-bond acceptors (Lipinski definition) is 3. The molecule has 0 atom stereocenters. The highest BCUT2D eigenvalue weighted by molar-refractivity contribution is 5.92. The Kier molecular flexibility index (Phi) is 4.04. The molecule has 0 aliphatic carbocycles. The number of rotatable bonds is 4. The summed E-state index contributed by atoms with van der Waals surface area (Å²) in [5.74, 6) is -0.273. The number of aromatic nitrogens is 2. The molecule has 0 saturated carbocycles. The van der Waals surface area contributed by atoms with Crippen LogP contribution in [-0.2, 0) is 9.59 Å². The summed E-state index contributed by atoms with van der Waals surface area (Å²) in [4.78, 5) is 22.1. The molecule has 1 rings (SSSR count). The SMILES string of the molecule is CC(=O)NCCC(=O)Nc1c(C)n[nH]c1C. The van der Waals surface area contributed by atoms with E-state index in [-0.39, 0.29) is 18.2 Å². The maximum atomic E-state index is 11.5. The van der Waals surface area contributed by atoms with Gasteiger partial charge in [-0.3, -0.25) is 14.7 Å². The Bertz CT molecular complexity index is 378. The average Bonchev–Trinajstić information content (AvgIpc) is 2.49. The van der Waals surface area contributed by atoms with Gasteiger partial charge in [-0.05, 0) is 13.8 Å². The van der Waals surface area contributed by atoms with Crippen molar-refractivity contribution in [2.75, 3.05) is 11.9 Å². The van der Waals surface area contributed by atoms with E-state index in [4.69, 9.17) is 0 Å². The van der Waals surface area contributed by atoms with Crippen LogP contribution in [0.1, 0.15) is 24.7 Å². The standard InChI is InChI=1S/C10H16N4O2/c1-6-10(7(2)14-13-6)12-9(16)4-5-11-8(3)15/h4-5H2,1-3H3,(H,11,15)(H,12,16)(H,13,14). The second kappa shape index (κ2) is 5.29. The predicted octanol–water partition coefficient (Wildman–Crippen LogP) is 0.491. The Hall–Kier alpha value is -1.85. The van der Waals surface area contributed by atoms with Crippen molar-refractivity contribution in [3.05, 3.63) is 11.4 Å². The van der Waals surface area contributed by atoms with E-state index in [1.165, 1.54) is 6.92 Å². The summed E-state index contributed by atoms with van der Waals surface area (Å²) in [6.07, 6.45) is 0.254. The van der Waals surface area contributed by atoms with Gasteiger partial charge in [0.2, 0.25) is 11.8 Å². The lowest BCUT2D eigenvalue weighted by Crippen LogP contribution is -2.25. The number of nitrogens with one attached hydrogen (secondary N) is 3. The summed E-state index contributed by atoms with van der Waals surface area (Å²) in [5.41, 5.74) is 2.29. The van der Waals surface area contributed by atoms with Gasteiger partial charge in [-0.2, -0.15) is 5.10 Å². The van der Waals surface area contributed by atoms with Crippen LogP contribution in [0.25, 0.3) is 0 Å². The van der Waals surface area contributed by atoms with Crippen LogP contribution in [0.2, 0.25) is 0 Å². The van der Waals surface area contributed by atoms with E-state index < -0.39 is 0 Å². The molecule has 2 amide bonds. The van der Waals surface area contributed by atoms with Crippen LogP contribution >= 0.6 is 0 Å². The van der Waals surface area contributed by atoms with Crippen LogP contribution in [0.5, 0.6) is 0 Å². The number of aromatic amines is 1. The Labute approximate surface area is 93.8 Å². The number of aryl methyl sites for hydroxylation is 2. The molecule has 3 N–H and O–H groups in total. The number of H-pyrrole nitrogens is 1. The monoisotopic (exact) mass is 224 g/mol. The van der Waals surface area contributed by atoms with Crippen LogP contribution in [0.4, 0.5) is 5.69 Å². The molecule has 1 aromatic rings. The Morgan fingerprint density at radius 2 is 2.06 bits per heavy atom. The van der Waals surface area contributed by atoms with Gasteiger partial charge in [-0.15, -0.1) is 0 Å². The first-order chi connectivity index (χ1) is 7.50. The summed E-state index contributed by atoms with van der Waals surface area (Å²) < 4.78 is 0. The van der Waals surface area contributed by atoms with Gasteiger partial charge in [0.05, 0.1) is 17.1 Å². The highest BCUT2D eigenvalue weighted by Crippen LogP contribution is 2.15. The predicted molar refractivity (Wildman–Crippen MR) is 60.0 cm³/mol. The number of carbonyl (C=O) groups is 2. The summed E-state index contributed by atoms with van der Waals surface area (Å²) in [5, 5.41) is 12.1. The van der Waals surface area contributed by atoms with E-state index >= 15 is 0 Å². The average molecular weight is 224 g/mol. The van der Waals surface area contributed by atoms with E-state index in [9.17, 15) is 9.59 Å². The van der Waals surface area contributed by atoms with E-state index in [2.05, 4.69) is 20.8 Å². The molecule has 88 valence electrons. The Morgan fingerprint density at radius 1 is 1.38 bits per heavy atom.